The Bertz CT molecular complexity index is 464. The number of anilines is 2. The molecule has 1 aromatic heterocycles. The number of aliphatic hydroxyl groups is 1. The van der Waals surface area contributed by atoms with Crippen molar-refractivity contribution < 1.29 is 5.11 Å². The number of hydrogen-bond donors (Lipinski definition) is 1. The lowest BCUT2D eigenvalue weighted by Crippen LogP contribution is -2.08. The number of aromatic nitrogens is 1. The molecular formula is C12H14N2OS. The molecule has 4 heteroatoms. The van der Waals surface area contributed by atoms with Gasteiger partial charge in [0.05, 0.1) is 11.5 Å². The maximum Gasteiger partial charge on any atom is 0.189 e. The molecule has 0 bridgehead atoms. The van der Waals surface area contributed by atoms with Crippen molar-refractivity contribution in [2.24, 2.45) is 0 Å². The largest absolute Gasteiger partial charge is 0.391 e. The van der Waals surface area contributed by atoms with Gasteiger partial charge in [-0.05, 0) is 19.1 Å². The second-order valence-electron chi connectivity index (χ2n) is 3.66. The highest BCUT2D eigenvalue weighted by Crippen LogP contribution is 2.27. The number of aryl methyl sites for hydroxylation is 1. The average molecular weight is 234 g/mol. The second-order valence-corrected chi connectivity index (χ2v) is 4.76. The first-order valence-electron chi connectivity index (χ1n) is 5.06. The Morgan fingerprint density at radius 2 is 2.00 bits per heavy atom. The van der Waals surface area contributed by atoms with Crippen LogP contribution in [0.4, 0.5) is 10.8 Å². The van der Waals surface area contributed by atoms with Gasteiger partial charge in [0, 0.05) is 18.9 Å². The summed E-state index contributed by atoms with van der Waals surface area (Å²) in [5.74, 6) is 0. The molecule has 0 aliphatic rings. The Kier molecular flexibility index (Phi) is 3.22. The quantitative estimate of drug-likeness (QED) is 0.887. The van der Waals surface area contributed by atoms with Crippen LogP contribution in [0, 0.1) is 6.92 Å². The highest BCUT2D eigenvalue weighted by molar-refractivity contribution is 7.15. The first-order chi connectivity index (χ1) is 7.70. The highest BCUT2D eigenvalue weighted by atomic mass is 32.1. The van der Waals surface area contributed by atoms with E-state index in [4.69, 9.17) is 5.11 Å². The normalized spacial score (nSPS) is 10.4. The van der Waals surface area contributed by atoms with E-state index in [0.717, 1.165) is 15.7 Å². The van der Waals surface area contributed by atoms with Crippen LogP contribution in [0.25, 0.3) is 0 Å². The van der Waals surface area contributed by atoms with E-state index in [1.807, 2.05) is 11.9 Å². The molecule has 2 aromatic rings. The van der Waals surface area contributed by atoms with E-state index in [-0.39, 0.29) is 6.61 Å². The molecule has 1 N–H and O–H groups in total. The average Bonchev–Trinajstić information content (AvgIpc) is 2.77. The summed E-state index contributed by atoms with van der Waals surface area (Å²) < 4.78 is 0. The third-order valence-electron chi connectivity index (χ3n) is 2.41. The number of benzene rings is 1. The van der Waals surface area contributed by atoms with Gasteiger partial charge in [-0.2, -0.15) is 0 Å². The molecule has 16 heavy (non-hydrogen) atoms. The zero-order valence-corrected chi connectivity index (χ0v) is 10.2. The van der Waals surface area contributed by atoms with Gasteiger partial charge in [0.1, 0.15) is 0 Å². The third kappa shape index (κ3) is 2.23. The van der Waals surface area contributed by atoms with Crippen LogP contribution in [0.15, 0.2) is 30.5 Å². The Hall–Kier alpha value is -1.39. The fourth-order valence-corrected chi connectivity index (χ4v) is 2.16. The van der Waals surface area contributed by atoms with Gasteiger partial charge < -0.3 is 10.0 Å². The zero-order chi connectivity index (χ0) is 11.5. The van der Waals surface area contributed by atoms with Crippen LogP contribution in [-0.2, 0) is 6.61 Å². The van der Waals surface area contributed by atoms with Crippen molar-refractivity contribution in [1.29, 1.82) is 0 Å². The molecule has 0 spiro atoms. The van der Waals surface area contributed by atoms with E-state index < -0.39 is 0 Å². The molecule has 0 aliphatic carbocycles. The first-order valence-corrected chi connectivity index (χ1v) is 5.88. The van der Waals surface area contributed by atoms with Crippen LogP contribution >= 0.6 is 11.3 Å². The Balaban J connectivity index is 2.24. The molecule has 0 saturated carbocycles. The summed E-state index contributed by atoms with van der Waals surface area (Å²) in [6, 6.07) is 8.28. The van der Waals surface area contributed by atoms with Crippen molar-refractivity contribution >= 4 is 22.2 Å². The highest BCUT2D eigenvalue weighted by Gasteiger charge is 2.08. The van der Waals surface area contributed by atoms with Gasteiger partial charge in [0.2, 0.25) is 0 Å². The van der Waals surface area contributed by atoms with Crippen LogP contribution in [0.1, 0.15) is 10.4 Å². The standard InChI is InChI=1S/C12H14N2OS/c1-9-3-5-10(6-4-9)14(2)12-13-7-11(8-15)16-12/h3-7,15H,8H2,1-2H3. The number of rotatable bonds is 3. The fraction of sp³-hybridized carbons (Fsp3) is 0.250. The Morgan fingerprint density at radius 1 is 1.31 bits per heavy atom. The van der Waals surface area contributed by atoms with Crippen molar-refractivity contribution in [2.45, 2.75) is 13.5 Å². The maximum absolute atomic E-state index is 8.99. The van der Waals surface area contributed by atoms with E-state index >= 15 is 0 Å². The van der Waals surface area contributed by atoms with E-state index in [1.165, 1.54) is 16.9 Å². The smallest absolute Gasteiger partial charge is 0.189 e. The van der Waals surface area contributed by atoms with Crippen LogP contribution in [0.5, 0.6) is 0 Å². The van der Waals surface area contributed by atoms with Gasteiger partial charge in [-0.3, -0.25) is 0 Å². The minimum atomic E-state index is 0.0550. The number of aliphatic hydroxyl groups excluding tert-OH is 1. The lowest BCUT2D eigenvalue weighted by Gasteiger charge is -2.15. The molecule has 3 nitrogen and oxygen atoms in total. The lowest BCUT2D eigenvalue weighted by molar-refractivity contribution is 0.285. The molecule has 0 unspecified atom stereocenters. The van der Waals surface area contributed by atoms with Crippen LogP contribution < -0.4 is 4.90 Å². The fourth-order valence-electron chi connectivity index (χ4n) is 1.40. The summed E-state index contributed by atoms with van der Waals surface area (Å²) in [4.78, 5) is 7.17. The van der Waals surface area contributed by atoms with E-state index in [9.17, 15) is 0 Å². The van der Waals surface area contributed by atoms with Crippen LogP contribution in [0.3, 0.4) is 0 Å². The van der Waals surface area contributed by atoms with E-state index in [1.54, 1.807) is 6.20 Å². The Labute approximate surface area is 99.0 Å². The van der Waals surface area contributed by atoms with Gasteiger partial charge in [0.15, 0.2) is 5.13 Å². The first kappa shape index (κ1) is 11.1. The molecule has 1 aromatic carbocycles. The van der Waals surface area contributed by atoms with Gasteiger partial charge in [-0.25, -0.2) is 4.98 Å². The molecule has 1 heterocycles. The van der Waals surface area contributed by atoms with Gasteiger partial charge in [-0.1, -0.05) is 29.0 Å². The maximum atomic E-state index is 8.99. The number of thiazole rings is 1. The van der Waals surface area contributed by atoms with Gasteiger partial charge in [0.25, 0.3) is 0 Å². The topological polar surface area (TPSA) is 36.4 Å². The van der Waals surface area contributed by atoms with Gasteiger partial charge >= 0.3 is 0 Å². The summed E-state index contributed by atoms with van der Waals surface area (Å²) in [5.41, 5.74) is 2.34. The number of hydrogen-bond acceptors (Lipinski definition) is 4. The molecule has 0 fully saturated rings. The summed E-state index contributed by atoms with van der Waals surface area (Å²) in [6.45, 7) is 2.12. The SMILES string of the molecule is Cc1ccc(N(C)c2ncc(CO)s2)cc1. The number of nitrogens with zero attached hydrogens (tertiary/aromatic N) is 2. The lowest BCUT2D eigenvalue weighted by atomic mass is 10.2. The van der Waals surface area contributed by atoms with Crippen molar-refractivity contribution in [3.8, 4) is 0 Å². The van der Waals surface area contributed by atoms with Crippen molar-refractivity contribution in [2.75, 3.05) is 11.9 Å². The molecule has 2 rings (SSSR count). The molecule has 0 aliphatic heterocycles. The summed E-state index contributed by atoms with van der Waals surface area (Å²) in [5, 5.41) is 9.89. The van der Waals surface area contributed by atoms with Gasteiger partial charge in [-0.15, -0.1) is 0 Å². The molecule has 0 atom stereocenters. The predicted molar refractivity (Wildman–Crippen MR) is 67.3 cm³/mol. The monoisotopic (exact) mass is 234 g/mol. The molecule has 0 amide bonds. The van der Waals surface area contributed by atoms with E-state index in [0.29, 0.717) is 0 Å². The third-order valence-corrected chi connectivity index (χ3v) is 3.46. The molecular weight excluding hydrogens is 220 g/mol. The zero-order valence-electron chi connectivity index (χ0n) is 9.34. The minimum absolute atomic E-state index is 0.0550. The second kappa shape index (κ2) is 4.63. The molecule has 0 radical (unpaired) electrons. The van der Waals surface area contributed by atoms with E-state index in [2.05, 4.69) is 36.2 Å². The summed E-state index contributed by atoms with van der Waals surface area (Å²) >= 11 is 1.50. The molecule has 0 saturated heterocycles. The van der Waals surface area contributed by atoms with Crippen LogP contribution in [0.2, 0.25) is 0 Å². The van der Waals surface area contributed by atoms with Crippen molar-refractivity contribution in [1.82, 2.24) is 4.98 Å². The predicted octanol–water partition coefficient (Wildman–Crippen LogP) is 2.71. The minimum Gasteiger partial charge on any atom is -0.391 e. The Morgan fingerprint density at radius 3 is 2.56 bits per heavy atom. The molecule has 84 valence electrons. The van der Waals surface area contributed by atoms with Crippen molar-refractivity contribution in [3.05, 3.63) is 40.9 Å². The van der Waals surface area contributed by atoms with Crippen LogP contribution in [-0.4, -0.2) is 17.1 Å². The van der Waals surface area contributed by atoms with Crippen molar-refractivity contribution in [3.63, 3.8) is 0 Å². The summed E-state index contributed by atoms with van der Waals surface area (Å²) in [6.07, 6.45) is 1.71. The summed E-state index contributed by atoms with van der Waals surface area (Å²) in [7, 11) is 1.98.